The van der Waals surface area contributed by atoms with Gasteiger partial charge in [-0.05, 0) is 221 Å². The first-order valence-corrected chi connectivity index (χ1v) is 27.5. The molecule has 3 heteroatoms. The van der Waals surface area contributed by atoms with E-state index in [4.69, 9.17) is 0 Å². The second-order valence-electron chi connectivity index (χ2n) is 23.6. The Bertz CT molecular complexity index is 3740. The van der Waals surface area contributed by atoms with Crippen LogP contribution in [-0.2, 0) is 0 Å². The molecule has 0 bridgehead atoms. The van der Waals surface area contributed by atoms with Crippen molar-refractivity contribution >= 4 is 66.4 Å². The topological polar surface area (TPSA) is 9.72 Å². The summed E-state index contributed by atoms with van der Waals surface area (Å²) in [5.41, 5.74) is 20.8. The number of hydrogen-bond acceptors (Lipinski definition) is 3. The molecule has 3 heterocycles. The number of nitrogens with zero attached hydrogens (tertiary/aromatic N) is 3. The average molecular weight is 944 g/mol. The monoisotopic (exact) mass is 943 g/mol. The fourth-order valence-electron chi connectivity index (χ4n) is 16.8. The second kappa shape index (κ2) is 15.1. The van der Waals surface area contributed by atoms with Crippen molar-refractivity contribution in [2.75, 3.05) is 14.7 Å². The van der Waals surface area contributed by atoms with Crippen molar-refractivity contribution in [1.29, 1.82) is 0 Å². The first-order chi connectivity index (χ1) is 35.8. The van der Waals surface area contributed by atoms with Crippen LogP contribution in [0.5, 0.6) is 0 Å². The Balaban J connectivity index is 0.914. The van der Waals surface area contributed by atoms with E-state index in [9.17, 15) is 0 Å². The van der Waals surface area contributed by atoms with E-state index in [2.05, 4.69) is 224 Å². The molecule has 6 aliphatic rings. The summed E-state index contributed by atoms with van der Waals surface area (Å²) >= 11 is 0. The van der Waals surface area contributed by atoms with Gasteiger partial charge in [-0.3, -0.25) is 0 Å². The Hall–Kier alpha value is -7.36. The van der Waals surface area contributed by atoms with Gasteiger partial charge in [0.2, 0.25) is 0 Å². The quantitative estimate of drug-likeness (QED) is 0.154. The molecule has 6 unspecified atom stereocenters. The van der Waals surface area contributed by atoms with E-state index in [0.717, 1.165) is 0 Å². The molecule has 356 valence electrons. The molecule has 3 fully saturated rings. The lowest BCUT2D eigenvalue weighted by Crippen LogP contribution is -2.40. The van der Waals surface area contributed by atoms with Gasteiger partial charge in [0.25, 0.3) is 0 Å². The molecule has 0 saturated heterocycles. The highest BCUT2D eigenvalue weighted by molar-refractivity contribution is 6.30. The fraction of sp³-hybridized carbons (Fsp3) is 0.257. The van der Waals surface area contributed by atoms with E-state index in [1.54, 1.807) is 0 Å². The molecular weight excluding hydrogens is 883 g/mol. The predicted octanol–water partition coefficient (Wildman–Crippen LogP) is 19.1. The van der Waals surface area contributed by atoms with Crippen LogP contribution in [0.15, 0.2) is 188 Å². The summed E-state index contributed by atoms with van der Waals surface area (Å²) in [6.07, 6.45) is 11.1. The van der Waals surface area contributed by atoms with E-state index in [1.807, 2.05) is 0 Å². The van der Waals surface area contributed by atoms with E-state index in [1.165, 1.54) is 174 Å². The van der Waals surface area contributed by atoms with Gasteiger partial charge in [-0.1, -0.05) is 128 Å². The summed E-state index contributed by atoms with van der Waals surface area (Å²) in [6.45, 7) is 7.57. The van der Waals surface area contributed by atoms with Crippen molar-refractivity contribution in [3.05, 3.63) is 205 Å². The standard InChI is InChI=1S/C70H61N3/c1-68-37-13-22-60(68)57-40-45(27-34-63(57)71(68)48-16-7-4-8-17-48)51-30-25-44-26-31-53-55(46-28-35-64-58(41-46)61-23-14-38-69(61,2)72(64)49-18-9-5-10-19-49)43-56(54-33-32-52(51)66(44)67(53)54)47-29-36-65-59(42-47)62-24-15-39-70(62,3)73(65)50-20-11-6-12-21-50/h4-12,16-21,25-36,40-43,60-62H,13-15,22-24,37-39H2,1-3H3. The van der Waals surface area contributed by atoms with E-state index >= 15 is 0 Å². The van der Waals surface area contributed by atoms with Crippen LogP contribution >= 0.6 is 0 Å². The number of anilines is 6. The van der Waals surface area contributed by atoms with E-state index in [-0.39, 0.29) is 16.6 Å². The Morgan fingerprint density at radius 1 is 0.342 bits per heavy atom. The van der Waals surface area contributed by atoms with Gasteiger partial charge in [0.05, 0.1) is 0 Å². The van der Waals surface area contributed by atoms with Crippen molar-refractivity contribution in [1.82, 2.24) is 0 Å². The molecular formula is C70H61N3. The Morgan fingerprint density at radius 2 is 0.699 bits per heavy atom. The molecule has 0 N–H and O–H groups in total. The maximum Gasteiger partial charge on any atom is 0.0492 e. The second-order valence-corrected chi connectivity index (χ2v) is 23.6. The normalized spacial score (nSPS) is 25.5. The molecule has 3 nitrogen and oxygen atoms in total. The minimum atomic E-state index is 0.0626. The maximum atomic E-state index is 2.69. The molecule has 10 aromatic carbocycles. The summed E-state index contributed by atoms with van der Waals surface area (Å²) in [6, 6.07) is 73.2. The van der Waals surface area contributed by atoms with Crippen molar-refractivity contribution in [2.24, 2.45) is 0 Å². The van der Waals surface area contributed by atoms with Gasteiger partial charge in [-0.2, -0.15) is 0 Å². The van der Waals surface area contributed by atoms with Gasteiger partial charge in [0.1, 0.15) is 0 Å². The highest BCUT2D eigenvalue weighted by atomic mass is 15.3. The van der Waals surface area contributed by atoms with Crippen LogP contribution in [0.3, 0.4) is 0 Å². The van der Waals surface area contributed by atoms with Crippen molar-refractivity contribution in [3.8, 4) is 33.4 Å². The summed E-state index contributed by atoms with van der Waals surface area (Å²) < 4.78 is 0. The third-order valence-electron chi connectivity index (χ3n) is 20.0. The molecule has 3 saturated carbocycles. The van der Waals surface area contributed by atoms with Crippen LogP contribution in [-0.4, -0.2) is 16.6 Å². The molecule has 3 aliphatic heterocycles. The maximum absolute atomic E-state index is 2.69. The van der Waals surface area contributed by atoms with Crippen LogP contribution in [0.1, 0.15) is 113 Å². The highest BCUT2D eigenvalue weighted by Crippen LogP contribution is 2.63. The van der Waals surface area contributed by atoms with Crippen molar-refractivity contribution in [3.63, 3.8) is 0 Å². The molecule has 3 aliphatic carbocycles. The van der Waals surface area contributed by atoms with Crippen LogP contribution in [0.4, 0.5) is 34.1 Å². The zero-order chi connectivity index (χ0) is 48.4. The van der Waals surface area contributed by atoms with Crippen LogP contribution in [0, 0.1) is 0 Å². The zero-order valence-electron chi connectivity index (χ0n) is 42.3. The van der Waals surface area contributed by atoms with Gasteiger partial charge in [-0.25, -0.2) is 0 Å². The molecule has 6 atom stereocenters. The predicted molar refractivity (Wildman–Crippen MR) is 307 cm³/mol. The number of rotatable bonds is 6. The highest BCUT2D eigenvalue weighted by Gasteiger charge is 2.54. The van der Waals surface area contributed by atoms with Gasteiger partial charge in [0, 0.05) is 68.5 Å². The fourth-order valence-corrected chi connectivity index (χ4v) is 16.8. The summed E-state index contributed by atoms with van der Waals surface area (Å²) in [7, 11) is 0. The Kier molecular flexibility index (Phi) is 8.73. The summed E-state index contributed by atoms with van der Waals surface area (Å²) in [4.78, 5) is 8.05. The third kappa shape index (κ3) is 5.66. The van der Waals surface area contributed by atoms with E-state index < -0.39 is 0 Å². The minimum Gasteiger partial charge on any atom is -0.335 e. The van der Waals surface area contributed by atoms with Crippen LogP contribution in [0.2, 0.25) is 0 Å². The number of hydrogen-bond donors (Lipinski definition) is 0. The van der Waals surface area contributed by atoms with Gasteiger partial charge in [0.15, 0.2) is 0 Å². The Morgan fingerprint density at radius 3 is 1.11 bits per heavy atom. The smallest absolute Gasteiger partial charge is 0.0492 e. The summed E-state index contributed by atoms with van der Waals surface area (Å²) in [5.74, 6) is 1.49. The lowest BCUT2D eigenvalue weighted by Gasteiger charge is -2.37. The number of benzene rings is 10. The molecule has 10 aromatic rings. The van der Waals surface area contributed by atoms with Crippen molar-refractivity contribution < 1.29 is 0 Å². The third-order valence-corrected chi connectivity index (χ3v) is 20.0. The SMILES string of the molecule is CC12CCCC1c1cc(-c3ccc4ccc5c(-c6ccc7c(c6)C6CCCC6(C)N7c6ccccc6)cc(-c6ccc7c(c6)C6CCCC6(C)N7c6ccccc6)c6ccc3c4c56)ccc1N2c1ccccc1. The number of para-hydroxylation sites is 3. The van der Waals surface area contributed by atoms with Crippen molar-refractivity contribution in [2.45, 2.75) is 113 Å². The first-order valence-electron chi connectivity index (χ1n) is 27.5. The lowest BCUT2D eigenvalue weighted by atomic mass is 9.81. The molecule has 0 amide bonds. The van der Waals surface area contributed by atoms with Crippen LogP contribution < -0.4 is 14.7 Å². The first kappa shape index (κ1) is 42.2. The molecule has 0 radical (unpaired) electrons. The molecule has 0 aromatic heterocycles. The van der Waals surface area contributed by atoms with Gasteiger partial charge in [-0.15, -0.1) is 0 Å². The minimum absolute atomic E-state index is 0.0626. The lowest BCUT2D eigenvalue weighted by molar-refractivity contribution is 0.451. The molecule has 0 spiro atoms. The number of fused-ring (bicyclic) bond motifs is 9. The summed E-state index contributed by atoms with van der Waals surface area (Å²) in [5, 5.41) is 8.10. The molecule has 16 rings (SSSR count). The van der Waals surface area contributed by atoms with Gasteiger partial charge >= 0.3 is 0 Å². The van der Waals surface area contributed by atoms with Crippen LogP contribution in [0.25, 0.3) is 65.7 Å². The average Bonchev–Trinajstić information content (AvgIpc) is 4.29. The Labute approximate surface area is 430 Å². The zero-order valence-corrected chi connectivity index (χ0v) is 42.3. The van der Waals surface area contributed by atoms with Gasteiger partial charge < -0.3 is 14.7 Å². The van der Waals surface area contributed by atoms with E-state index in [0.29, 0.717) is 17.8 Å². The molecule has 73 heavy (non-hydrogen) atoms. The largest absolute Gasteiger partial charge is 0.335 e.